The SMILES string of the molecule is CCCCCC(C)NCC(C(N)=NO)c1ccccc1. The van der Waals surface area contributed by atoms with E-state index in [2.05, 4.69) is 24.3 Å². The van der Waals surface area contributed by atoms with Gasteiger partial charge >= 0.3 is 0 Å². The van der Waals surface area contributed by atoms with Crippen LogP contribution in [-0.4, -0.2) is 23.6 Å². The van der Waals surface area contributed by atoms with Crippen molar-refractivity contribution in [2.45, 2.75) is 51.5 Å². The third-order valence-corrected chi connectivity index (χ3v) is 3.59. The molecule has 4 nitrogen and oxygen atoms in total. The number of oxime groups is 1. The lowest BCUT2D eigenvalue weighted by Gasteiger charge is -2.20. The summed E-state index contributed by atoms with van der Waals surface area (Å²) in [6.07, 6.45) is 4.91. The molecule has 0 aliphatic carbocycles. The van der Waals surface area contributed by atoms with Gasteiger partial charge in [-0.25, -0.2) is 0 Å². The predicted molar refractivity (Wildman–Crippen MR) is 84.2 cm³/mol. The van der Waals surface area contributed by atoms with E-state index in [1.165, 1.54) is 19.3 Å². The van der Waals surface area contributed by atoms with Crippen molar-refractivity contribution in [2.24, 2.45) is 10.9 Å². The van der Waals surface area contributed by atoms with Crippen LogP contribution in [0.4, 0.5) is 0 Å². The minimum absolute atomic E-state index is 0.0881. The molecule has 0 fully saturated rings. The molecule has 0 heterocycles. The van der Waals surface area contributed by atoms with Gasteiger partial charge in [0, 0.05) is 12.6 Å². The molecule has 0 amide bonds. The smallest absolute Gasteiger partial charge is 0.147 e. The van der Waals surface area contributed by atoms with Gasteiger partial charge in [0.25, 0.3) is 0 Å². The molecule has 1 rings (SSSR count). The lowest BCUT2D eigenvalue weighted by atomic mass is 9.97. The zero-order chi connectivity index (χ0) is 14.8. The van der Waals surface area contributed by atoms with Gasteiger partial charge in [-0.1, -0.05) is 61.7 Å². The van der Waals surface area contributed by atoms with Gasteiger partial charge in [0.1, 0.15) is 5.84 Å². The number of unbranched alkanes of at least 4 members (excludes halogenated alkanes) is 2. The lowest BCUT2D eigenvalue weighted by Crippen LogP contribution is -2.36. The van der Waals surface area contributed by atoms with Crippen molar-refractivity contribution in [2.75, 3.05) is 6.54 Å². The first-order valence-electron chi connectivity index (χ1n) is 7.44. The molecule has 1 aromatic carbocycles. The Hall–Kier alpha value is -1.55. The van der Waals surface area contributed by atoms with E-state index in [1.54, 1.807) is 0 Å². The molecule has 112 valence electrons. The van der Waals surface area contributed by atoms with Crippen LogP contribution in [0.15, 0.2) is 35.5 Å². The van der Waals surface area contributed by atoms with E-state index >= 15 is 0 Å². The number of amidine groups is 1. The second-order valence-electron chi connectivity index (χ2n) is 5.29. The van der Waals surface area contributed by atoms with Crippen LogP contribution in [0.25, 0.3) is 0 Å². The van der Waals surface area contributed by atoms with Crippen LogP contribution in [0.1, 0.15) is 51.0 Å². The summed E-state index contributed by atoms with van der Waals surface area (Å²) in [5.74, 6) is 0.166. The normalized spacial score (nSPS) is 15.0. The topological polar surface area (TPSA) is 70.6 Å². The minimum Gasteiger partial charge on any atom is -0.409 e. The van der Waals surface area contributed by atoms with Crippen molar-refractivity contribution in [1.29, 1.82) is 0 Å². The van der Waals surface area contributed by atoms with E-state index in [4.69, 9.17) is 10.9 Å². The van der Waals surface area contributed by atoms with Crippen LogP contribution in [-0.2, 0) is 0 Å². The molecule has 4 N–H and O–H groups in total. The van der Waals surface area contributed by atoms with Gasteiger partial charge in [0.05, 0.1) is 5.92 Å². The fourth-order valence-electron chi connectivity index (χ4n) is 2.27. The zero-order valence-corrected chi connectivity index (χ0v) is 12.5. The Morgan fingerprint density at radius 2 is 2.00 bits per heavy atom. The van der Waals surface area contributed by atoms with Gasteiger partial charge in [-0.15, -0.1) is 0 Å². The van der Waals surface area contributed by atoms with E-state index in [0.717, 1.165) is 12.0 Å². The number of nitrogens with two attached hydrogens (primary N) is 1. The van der Waals surface area contributed by atoms with E-state index in [-0.39, 0.29) is 11.8 Å². The van der Waals surface area contributed by atoms with Crippen molar-refractivity contribution < 1.29 is 5.21 Å². The summed E-state index contributed by atoms with van der Waals surface area (Å²) >= 11 is 0. The lowest BCUT2D eigenvalue weighted by molar-refractivity contribution is 0.315. The maximum Gasteiger partial charge on any atom is 0.147 e. The molecule has 1 aromatic rings. The van der Waals surface area contributed by atoms with Crippen molar-refractivity contribution in [1.82, 2.24) is 5.32 Å². The van der Waals surface area contributed by atoms with Gasteiger partial charge in [0.2, 0.25) is 0 Å². The maximum absolute atomic E-state index is 8.94. The number of hydrogen-bond donors (Lipinski definition) is 3. The Bertz CT molecular complexity index is 392. The fraction of sp³-hybridized carbons (Fsp3) is 0.562. The molecule has 0 spiro atoms. The number of benzene rings is 1. The predicted octanol–water partition coefficient (Wildman–Crippen LogP) is 3.08. The summed E-state index contributed by atoms with van der Waals surface area (Å²) in [4.78, 5) is 0. The second-order valence-corrected chi connectivity index (χ2v) is 5.29. The Kier molecular flexibility index (Phi) is 7.73. The van der Waals surface area contributed by atoms with Gasteiger partial charge < -0.3 is 16.3 Å². The monoisotopic (exact) mass is 277 g/mol. The molecule has 0 bridgehead atoms. The molecule has 20 heavy (non-hydrogen) atoms. The average molecular weight is 277 g/mol. The largest absolute Gasteiger partial charge is 0.409 e. The minimum atomic E-state index is -0.0881. The van der Waals surface area contributed by atoms with Crippen molar-refractivity contribution in [3.05, 3.63) is 35.9 Å². The van der Waals surface area contributed by atoms with E-state index in [9.17, 15) is 0 Å². The summed E-state index contributed by atoms with van der Waals surface area (Å²) in [5.41, 5.74) is 6.88. The zero-order valence-electron chi connectivity index (χ0n) is 12.5. The van der Waals surface area contributed by atoms with Gasteiger partial charge in [-0.05, 0) is 18.9 Å². The first kappa shape index (κ1) is 16.5. The van der Waals surface area contributed by atoms with Crippen molar-refractivity contribution in [3.63, 3.8) is 0 Å². The second kappa shape index (κ2) is 9.37. The highest BCUT2D eigenvalue weighted by Crippen LogP contribution is 2.15. The molecule has 0 aliphatic rings. The van der Waals surface area contributed by atoms with Crippen LogP contribution < -0.4 is 11.1 Å². The van der Waals surface area contributed by atoms with Crippen molar-refractivity contribution in [3.8, 4) is 0 Å². The van der Waals surface area contributed by atoms with Gasteiger partial charge in [-0.3, -0.25) is 0 Å². The first-order valence-corrected chi connectivity index (χ1v) is 7.44. The molecule has 4 heteroatoms. The third-order valence-electron chi connectivity index (χ3n) is 3.59. The summed E-state index contributed by atoms with van der Waals surface area (Å²) in [6.45, 7) is 5.08. The van der Waals surface area contributed by atoms with E-state index in [1.807, 2.05) is 30.3 Å². The highest BCUT2D eigenvalue weighted by molar-refractivity contribution is 5.87. The van der Waals surface area contributed by atoms with Crippen LogP contribution >= 0.6 is 0 Å². The van der Waals surface area contributed by atoms with Crippen LogP contribution in [0, 0.1) is 0 Å². The summed E-state index contributed by atoms with van der Waals surface area (Å²) in [6, 6.07) is 10.4. The summed E-state index contributed by atoms with van der Waals surface area (Å²) in [5, 5.41) is 15.6. The highest BCUT2D eigenvalue weighted by atomic mass is 16.4. The Morgan fingerprint density at radius 3 is 2.60 bits per heavy atom. The summed E-state index contributed by atoms with van der Waals surface area (Å²) in [7, 11) is 0. The molecule has 0 aromatic heterocycles. The third kappa shape index (κ3) is 5.61. The average Bonchev–Trinajstić information content (AvgIpc) is 2.48. The Labute approximate surface area is 122 Å². The maximum atomic E-state index is 8.94. The van der Waals surface area contributed by atoms with Crippen molar-refractivity contribution >= 4 is 5.84 Å². The molecule has 0 saturated heterocycles. The van der Waals surface area contributed by atoms with E-state index < -0.39 is 0 Å². The Morgan fingerprint density at radius 1 is 1.30 bits per heavy atom. The van der Waals surface area contributed by atoms with Gasteiger partial charge in [-0.2, -0.15) is 0 Å². The first-order chi connectivity index (χ1) is 9.69. The van der Waals surface area contributed by atoms with Crippen LogP contribution in [0.3, 0.4) is 0 Å². The number of hydrogen-bond acceptors (Lipinski definition) is 3. The molecule has 2 atom stereocenters. The number of rotatable bonds is 9. The van der Waals surface area contributed by atoms with Crippen LogP contribution in [0.5, 0.6) is 0 Å². The molecule has 0 radical (unpaired) electrons. The molecule has 2 unspecified atom stereocenters. The number of nitrogens with zero attached hydrogens (tertiary/aromatic N) is 1. The fourth-order valence-corrected chi connectivity index (χ4v) is 2.27. The molecule has 0 aliphatic heterocycles. The summed E-state index contributed by atoms with van der Waals surface area (Å²) < 4.78 is 0. The molecular weight excluding hydrogens is 250 g/mol. The highest BCUT2D eigenvalue weighted by Gasteiger charge is 2.17. The number of nitrogens with one attached hydrogen (secondary N) is 1. The Balaban J connectivity index is 2.54. The standard InChI is InChI=1S/C16H27N3O/c1-3-4-6-9-13(2)18-12-15(16(17)19-20)14-10-7-5-8-11-14/h5,7-8,10-11,13,15,18,20H,3-4,6,9,12H2,1-2H3,(H2,17,19). The van der Waals surface area contributed by atoms with E-state index in [0.29, 0.717) is 12.6 Å². The van der Waals surface area contributed by atoms with Gasteiger partial charge in [0.15, 0.2) is 0 Å². The molecular formula is C16H27N3O. The molecule has 0 saturated carbocycles. The van der Waals surface area contributed by atoms with Crippen LogP contribution in [0.2, 0.25) is 0 Å². The quantitative estimate of drug-likeness (QED) is 0.213.